The summed E-state index contributed by atoms with van der Waals surface area (Å²) in [4.78, 5) is 15.7. The number of rotatable bonds is 4. The van der Waals surface area contributed by atoms with Gasteiger partial charge < -0.3 is 15.5 Å². The van der Waals surface area contributed by atoms with Gasteiger partial charge in [0, 0.05) is 37.6 Å². The Morgan fingerprint density at radius 2 is 2.27 bits per heavy atom. The molecule has 3 heterocycles. The summed E-state index contributed by atoms with van der Waals surface area (Å²) in [5.74, 6) is 1.36. The van der Waals surface area contributed by atoms with Gasteiger partial charge in [0.1, 0.15) is 5.02 Å². The molecule has 4 rings (SSSR count). The van der Waals surface area contributed by atoms with Gasteiger partial charge in [0.25, 0.3) is 0 Å². The minimum atomic E-state index is 0.516. The Labute approximate surface area is 158 Å². The molecule has 136 valence electrons. The van der Waals surface area contributed by atoms with Gasteiger partial charge in [-0.25, -0.2) is 4.98 Å². The summed E-state index contributed by atoms with van der Waals surface area (Å²) in [7, 11) is 0. The van der Waals surface area contributed by atoms with Gasteiger partial charge in [-0.15, -0.1) is 0 Å². The van der Waals surface area contributed by atoms with Crippen LogP contribution in [-0.2, 0) is 6.54 Å². The number of halogens is 1. The Morgan fingerprint density at radius 1 is 1.35 bits per heavy atom. The quantitative estimate of drug-likeness (QED) is 0.863. The minimum absolute atomic E-state index is 0.516. The van der Waals surface area contributed by atoms with Crippen molar-refractivity contribution in [3.8, 4) is 0 Å². The molecule has 1 atom stereocenters. The Morgan fingerprint density at radius 3 is 3.15 bits per heavy atom. The molecule has 1 aromatic heterocycles. The summed E-state index contributed by atoms with van der Waals surface area (Å²) in [6.07, 6.45) is 5.82. The summed E-state index contributed by atoms with van der Waals surface area (Å²) in [5.41, 5.74) is 3.34. The predicted molar refractivity (Wildman–Crippen MR) is 107 cm³/mol. The molecule has 1 aromatic carbocycles. The molecule has 26 heavy (non-hydrogen) atoms. The van der Waals surface area contributed by atoms with E-state index in [9.17, 15) is 0 Å². The zero-order valence-corrected chi connectivity index (χ0v) is 15.6. The van der Waals surface area contributed by atoms with Crippen molar-refractivity contribution in [3.05, 3.63) is 40.5 Å². The number of nitrogens with one attached hydrogen (secondary N) is 2. The second-order valence-electron chi connectivity index (χ2n) is 6.71. The lowest BCUT2D eigenvalue weighted by Gasteiger charge is -2.21. The molecule has 2 aliphatic heterocycles. The van der Waals surface area contributed by atoms with E-state index in [1.165, 1.54) is 5.56 Å². The molecule has 1 fully saturated rings. The molecule has 0 aliphatic carbocycles. The fraction of sp³-hybridized carbons (Fsp3) is 0.421. The van der Waals surface area contributed by atoms with Crippen LogP contribution in [0.25, 0.3) is 0 Å². The van der Waals surface area contributed by atoms with Crippen LogP contribution in [0.15, 0.2) is 29.4 Å². The highest BCUT2D eigenvalue weighted by Gasteiger charge is 2.18. The van der Waals surface area contributed by atoms with Gasteiger partial charge in [-0.2, -0.15) is 4.98 Å². The smallest absolute Gasteiger partial charge is 0.227 e. The maximum Gasteiger partial charge on any atom is 0.227 e. The standard InChI is InChI=1S/C19H23ClN6/c1-2-15-5-7-26(8-6-22-15)19-23-12-17(20)18(25-19)24-16-4-3-13-10-21-11-14(13)9-16/h3-4,9,11-12,15,22H,2,5-8,10H2,1H3,(H,23,24,25). The summed E-state index contributed by atoms with van der Waals surface area (Å²) in [6, 6.07) is 6.77. The highest BCUT2D eigenvalue weighted by Crippen LogP contribution is 2.27. The van der Waals surface area contributed by atoms with Gasteiger partial charge >= 0.3 is 0 Å². The summed E-state index contributed by atoms with van der Waals surface area (Å²) in [6.45, 7) is 5.76. The highest BCUT2D eigenvalue weighted by atomic mass is 35.5. The van der Waals surface area contributed by atoms with Crippen molar-refractivity contribution in [2.75, 3.05) is 29.9 Å². The Bertz CT molecular complexity index is 822. The molecule has 6 nitrogen and oxygen atoms in total. The number of hydrogen-bond acceptors (Lipinski definition) is 6. The number of aliphatic imine (C=N–C) groups is 1. The topological polar surface area (TPSA) is 65.4 Å². The second kappa shape index (κ2) is 7.60. The van der Waals surface area contributed by atoms with Crippen LogP contribution in [0.4, 0.5) is 17.5 Å². The average Bonchev–Trinajstić information content (AvgIpc) is 2.99. The van der Waals surface area contributed by atoms with E-state index in [4.69, 9.17) is 11.6 Å². The molecule has 0 amide bonds. The van der Waals surface area contributed by atoms with Gasteiger partial charge in [-0.1, -0.05) is 24.6 Å². The van der Waals surface area contributed by atoms with Crippen LogP contribution < -0.4 is 15.5 Å². The van der Waals surface area contributed by atoms with E-state index in [2.05, 4.69) is 49.6 Å². The van der Waals surface area contributed by atoms with Gasteiger partial charge in [-0.05, 0) is 36.1 Å². The lowest BCUT2D eigenvalue weighted by molar-refractivity contribution is 0.509. The molecule has 0 spiro atoms. The molecule has 2 N–H and O–H groups in total. The van der Waals surface area contributed by atoms with Crippen molar-refractivity contribution in [1.82, 2.24) is 15.3 Å². The fourth-order valence-electron chi connectivity index (χ4n) is 3.39. The molecule has 2 aromatic rings. The minimum Gasteiger partial charge on any atom is -0.339 e. The summed E-state index contributed by atoms with van der Waals surface area (Å²) in [5, 5.41) is 7.42. The SMILES string of the molecule is CCC1CCN(c2ncc(Cl)c(Nc3ccc4c(c3)C=NC4)n2)CCN1. The van der Waals surface area contributed by atoms with Crippen LogP contribution >= 0.6 is 11.6 Å². The maximum absolute atomic E-state index is 6.34. The van der Waals surface area contributed by atoms with Gasteiger partial charge in [0.15, 0.2) is 5.82 Å². The largest absolute Gasteiger partial charge is 0.339 e. The van der Waals surface area contributed by atoms with Crippen LogP contribution in [0, 0.1) is 0 Å². The van der Waals surface area contributed by atoms with Crippen molar-refractivity contribution in [1.29, 1.82) is 0 Å². The van der Waals surface area contributed by atoms with Crippen molar-refractivity contribution in [2.24, 2.45) is 4.99 Å². The van der Waals surface area contributed by atoms with E-state index in [0.29, 0.717) is 16.9 Å². The first-order chi connectivity index (χ1) is 12.7. The van der Waals surface area contributed by atoms with Crippen molar-refractivity contribution < 1.29 is 0 Å². The number of aromatic nitrogens is 2. The van der Waals surface area contributed by atoms with Crippen LogP contribution in [0.3, 0.4) is 0 Å². The molecule has 7 heteroatoms. The van der Waals surface area contributed by atoms with Crippen molar-refractivity contribution in [3.63, 3.8) is 0 Å². The normalized spacial score (nSPS) is 19.3. The predicted octanol–water partition coefficient (Wildman–Crippen LogP) is 3.38. The highest BCUT2D eigenvalue weighted by molar-refractivity contribution is 6.32. The molecule has 0 bridgehead atoms. The van der Waals surface area contributed by atoms with E-state index in [0.717, 1.165) is 56.2 Å². The first-order valence-electron chi connectivity index (χ1n) is 9.13. The average molecular weight is 371 g/mol. The summed E-state index contributed by atoms with van der Waals surface area (Å²) < 4.78 is 0. The van der Waals surface area contributed by atoms with Gasteiger partial charge in [-0.3, -0.25) is 4.99 Å². The fourth-order valence-corrected chi connectivity index (χ4v) is 3.53. The number of benzene rings is 1. The third-order valence-electron chi connectivity index (χ3n) is 4.97. The van der Waals surface area contributed by atoms with E-state index >= 15 is 0 Å². The van der Waals surface area contributed by atoms with Crippen molar-refractivity contribution in [2.45, 2.75) is 32.4 Å². The van der Waals surface area contributed by atoms with E-state index in [-0.39, 0.29) is 0 Å². The zero-order chi connectivity index (χ0) is 17.9. The van der Waals surface area contributed by atoms with Crippen molar-refractivity contribution >= 4 is 35.3 Å². The molecular weight excluding hydrogens is 348 g/mol. The first-order valence-corrected chi connectivity index (χ1v) is 9.51. The van der Waals surface area contributed by atoms with Crippen LogP contribution in [0.5, 0.6) is 0 Å². The molecule has 1 saturated heterocycles. The third kappa shape index (κ3) is 3.66. The van der Waals surface area contributed by atoms with Gasteiger partial charge in [0.05, 0.1) is 12.7 Å². The van der Waals surface area contributed by atoms with Crippen LogP contribution in [0.2, 0.25) is 5.02 Å². The molecular formula is C19H23ClN6. The monoisotopic (exact) mass is 370 g/mol. The maximum atomic E-state index is 6.34. The van der Waals surface area contributed by atoms with E-state index in [1.54, 1.807) is 6.20 Å². The summed E-state index contributed by atoms with van der Waals surface area (Å²) >= 11 is 6.34. The molecule has 0 radical (unpaired) electrons. The Balaban J connectivity index is 1.53. The Kier molecular flexibility index (Phi) is 5.04. The third-order valence-corrected chi connectivity index (χ3v) is 5.25. The Hall–Kier alpha value is -2.18. The molecule has 1 unspecified atom stereocenters. The molecule has 2 aliphatic rings. The second-order valence-corrected chi connectivity index (χ2v) is 7.12. The van der Waals surface area contributed by atoms with E-state index in [1.807, 2.05) is 12.3 Å². The first kappa shape index (κ1) is 17.2. The molecule has 0 saturated carbocycles. The lowest BCUT2D eigenvalue weighted by Crippen LogP contribution is -2.30. The lowest BCUT2D eigenvalue weighted by atomic mass is 10.1. The van der Waals surface area contributed by atoms with Crippen LogP contribution in [0.1, 0.15) is 30.9 Å². The number of nitrogens with zero attached hydrogens (tertiary/aromatic N) is 4. The zero-order valence-electron chi connectivity index (χ0n) is 14.9. The number of hydrogen-bond donors (Lipinski definition) is 2. The van der Waals surface area contributed by atoms with E-state index < -0.39 is 0 Å². The van der Waals surface area contributed by atoms with Gasteiger partial charge in [0.2, 0.25) is 5.95 Å². The number of anilines is 3. The number of fused-ring (bicyclic) bond motifs is 1. The van der Waals surface area contributed by atoms with Crippen LogP contribution in [-0.4, -0.2) is 41.9 Å².